The fourth-order valence-corrected chi connectivity index (χ4v) is 2.73. The molecule has 0 aliphatic carbocycles. The van der Waals surface area contributed by atoms with Crippen LogP contribution in [0.2, 0.25) is 0 Å². The molecular weight excluding hydrogens is 252 g/mol. The first-order valence-electron chi connectivity index (χ1n) is 7.08. The van der Waals surface area contributed by atoms with Gasteiger partial charge in [0.2, 0.25) is 0 Å². The number of nitrogens with one attached hydrogen (secondary N) is 1. The summed E-state index contributed by atoms with van der Waals surface area (Å²) in [6, 6.07) is 9.37. The lowest BCUT2D eigenvalue weighted by molar-refractivity contribution is 0.263. The fraction of sp³-hybridized carbons (Fsp3) is 0.467. The van der Waals surface area contributed by atoms with Crippen LogP contribution in [0.3, 0.4) is 0 Å². The van der Waals surface area contributed by atoms with E-state index < -0.39 is 0 Å². The topological polar surface area (TPSA) is 54.0 Å². The van der Waals surface area contributed by atoms with E-state index in [-0.39, 0.29) is 0 Å². The van der Waals surface area contributed by atoms with Crippen molar-refractivity contribution in [3.8, 4) is 17.4 Å². The predicted octanol–water partition coefficient (Wildman–Crippen LogP) is 2.64. The van der Waals surface area contributed by atoms with Crippen molar-refractivity contribution in [3.63, 3.8) is 0 Å². The van der Waals surface area contributed by atoms with Crippen molar-refractivity contribution < 1.29 is 4.74 Å². The molecule has 3 rings (SSSR count). The highest BCUT2D eigenvalue weighted by atomic mass is 16.5. The summed E-state index contributed by atoms with van der Waals surface area (Å²) in [5.74, 6) is 0.738. The molecule has 0 bridgehead atoms. The van der Waals surface area contributed by atoms with Gasteiger partial charge in [-0.15, -0.1) is 5.10 Å². The maximum atomic E-state index is 4.99. The number of rotatable bonds is 4. The van der Waals surface area contributed by atoms with E-state index in [4.69, 9.17) is 4.74 Å². The summed E-state index contributed by atoms with van der Waals surface area (Å²) in [6.07, 6.45) is 2.64. The van der Waals surface area contributed by atoms with Gasteiger partial charge in [0.15, 0.2) is 5.82 Å². The van der Waals surface area contributed by atoms with Crippen molar-refractivity contribution >= 4 is 0 Å². The van der Waals surface area contributed by atoms with Crippen LogP contribution in [-0.4, -0.2) is 40.3 Å². The van der Waals surface area contributed by atoms with E-state index in [0.29, 0.717) is 12.1 Å². The standard InChI is InChI=1S/C15H20N4O/c1-11(19-9-3-4-10-19)12-5-7-13(8-6-12)14-16-15(20-2)18-17-14/h5-8,11H,3-4,9-10H2,1-2H3,(H,16,17,18)/t11-/m0/s1. The van der Waals surface area contributed by atoms with E-state index in [2.05, 4.69) is 51.3 Å². The lowest BCUT2D eigenvalue weighted by Crippen LogP contribution is -2.23. The van der Waals surface area contributed by atoms with Crippen molar-refractivity contribution in [2.75, 3.05) is 20.2 Å². The Morgan fingerprint density at radius 3 is 2.50 bits per heavy atom. The van der Waals surface area contributed by atoms with E-state index >= 15 is 0 Å². The van der Waals surface area contributed by atoms with E-state index in [1.54, 1.807) is 7.11 Å². The van der Waals surface area contributed by atoms with Crippen molar-refractivity contribution in [3.05, 3.63) is 29.8 Å². The second-order valence-corrected chi connectivity index (χ2v) is 5.21. The van der Waals surface area contributed by atoms with Gasteiger partial charge >= 0.3 is 6.01 Å². The van der Waals surface area contributed by atoms with Crippen molar-refractivity contribution in [2.45, 2.75) is 25.8 Å². The normalized spacial score (nSPS) is 17.3. The second kappa shape index (κ2) is 5.63. The molecule has 5 heteroatoms. The van der Waals surface area contributed by atoms with Gasteiger partial charge in [0, 0.05) is 11.6 Å². The van der Waals surface area contributed by atoms with Crippen LogP contribution in [-0.2, 0) is 0 Å². The highest BCUT2D eigenvalue weighted by Crippen LogP contribution is 2.26. The third kappa shape index (κ3) is 2.54. The number of aromatic nitrogens is 3. The lowest BCUT2D eigenvalue weighted by atomic mass is 10.0. The first kappa shape index (κ1) is 13.1. The van der Waals surface area contributed by atoms with Crippen molar-refractivity contribution in [2.24, 2.45) is 0 Å². The van der Waals surface area contributed by atoms with Gasteiger partial charge in [-0.3, -0.25) is 10.00 Å². The molecule has 0 radical (unpaired) electrons. The van der Waals surface area contributed by atoms with Crippen LogP contribution in [0.1, 0.15) is 31.4 Å². The highest BCUT2D eigenvalue weighted by Gasteiger charge is 2.19. The molecule has 1 fully saturated rings. The zero-order valence-electron chi connectivity index (χ0n) is 12.0. The van der Waals surface area contributed by atoms with Gasteiger partial charge in [0.25, 0.3) is 0 Å². The molecule has 0 saturated carbocycles. The maximum absolute atomic E-state index is 4.99. The van der Waals surface area contributed by atoms with Gasteiger partial charge in [0.1, 0.15) is 0 Å². The van der Waals surface area contributed by atoms with Crippen molar-refractivity contribution in [1.82, 2.24) is 20.1 Å². The first-order valence-corrected chi connectivity index (χ1v) is 7.08. The van der Waals surface area contributed by atoms with Crippen LogP contribution in [0.15, 0.2) is 24.3 Å². The molecule has 0 spiro atoms. The average molecular weight is 272 g/mol. The van der Waals surface area contributed by atoms with Crippen LogP contribution < -0.4 is 4.74 Å². The monoisotopic (exact) mass is 272 g/mol. The summed E-state index contributed by atoms with van der Waals surface area (Å²) >= 11 is 0. The van der Waals surface area contributed by atoms with Crippen LogP contribution in [0.5, 0.6) is 6.01 Å². The molecule has 106 valence electrons. The van der Waals surface area contributed by atoms with E-state index in [1.807, 2.05) is 0 Å². The van der Waals surface area contributed by atoms with Gasteiger partial charge < -0.3 is 4.74 Å². The van der Waals surface area contributed by atoms with Gasteiger partial charge in [-0.2, -0.15) is 4.98 Å². The molecule has 20 heavy (non-hydrogen) atoms. The number of H-pyrrole nitrogens is 1. The predicted molar refractivity (Wildman–Crippen MR) is 77.6 cm³/mol. The molecule has 1 atom stereocenters. The number of methoxy groups -OCH3 is 1. The van der Waals surface area contributed by atoms with Crippen LogP contribution in [0.4, 0.5) is 0 Å². The molecule has 1 N–H and O–H groups in total. The third-order valence-corrected chi connectivity index (χ3v) is 4.00. The molecule has 2 aromatic rings. The fourth-order valence-electron chi connectivity index (χ4n) is 2.73. The summed E-state index contributed by atoms with van der Waals surface area (Å²) < 4.78 is 4.99. The van der Waals surface area contributed by atoms with Crippen LogP contribution >= 0.6 is 0 Å². The van der Waals surface area contributed by atoms with E-state index in [9.17, 15) is 0 Å². The zero-order chi connectivity index (χ0) is 13.9. The van der Waals surface area contributed by atoms with Crippen LogP contribution in [0, 0.1) is 0 Å². The number of nitrogens with zero attached hydrogens (tertiary/aromatic N) is 3. The summed E-state index contributed by atoms with van der Waals surface area (Å²) in [5.41, 5.74) is 2.38. The highest BCUT2D eigenvalue weighted by molar-refractivity contribution is 5.55. The summed E-state index contributed by atoms with van der Waals surface area (Å²) in [4.78, 5) is 6.79. The lowest BCUT2D eigenvalue weighted by Gasteiger charge is -2.24. The number of hydrogen-bond acceptors (Lipinski definition) is 4. The Hall–Kier alpha value is -1.88. The van der Waals surface area contributed by atoms with E-state index in [0.717, 1.165) is 11.4 Å². The van der Waals surface area contributed by atoms with Gasteiger partial charge in [-0.25, -0.2) is 0 Å². The quantitative estimate of drug-likeness (QED) is 0.929. The Morgan fingerprint density at radius 2 is 1.90 bits per heavy atom. The molecule has 0 unspecified atom stereocenters. The molecule has 1 aliphatic heterocycles. The average Bonchev–Trinajstić information content (AvgIpc) is 3.18. The summed E-state index contributed by atoms with van der Waals surface area (Å²) in [7, 11) is 1.56. The number of aromatic amines is 1. The Morgan fingerprint density at radius 1 is 1.20 bits per heavy atom. The maximum Gasteiger partial charge on any atom is 0.335 e. The Labute approximate surface area is 119 Å². The van der Waals surface area contributed by atoms with Gasteiger partial charge in [-0.05, 0) is 38.4 Å². The van der Waals surface area contributed by atoms with Gasteiger partial charge in [0.05, 0.1) is 7.11 Å². The number of ether oxygens (including phenoxy) is 1. The van der Waals surface area contributed by atoms with Crippen molar-refractivity contribution in [1.29, 1.82) is 0 Å². The molecule has 1 aromatic carbocycles. The molecule has 5 nitrogen and oxygen atoms in total. The Bertz CT molecular complexity index is 558. The third-order valence-electron chi connectivity index (χ3n) is 4.00. The smallest absolute Gasteiger partial charge is 0.335 e. The minimum Gasteiger partial charge on any atom is -0.466 e. The Balaban J connectivity index is 1.76. The number of likely N-dealkylation sites (tertiary alicyclic amines) is 1. The SMILES string of the molecule is COc1n[nH]c(-c2ccc([C@H](C)N3CCCC3)cc2)n1. The largest absolute Gasteiger partial charge is 0.466 e. The number of hydrogen-bond donors (Lipinski definition) is 1. The molecule has 2 heterocycles. The first-order chi connectivity index (χ1) is 9.78. The van der Waals surface area contributed by atoms with Gasteiger partial charge in [-0.1, -0.05) is 24.3 Å². The molecule has 1 aliphatic rings. The minimum absolute atomic E-state index is 0.370. The van der Waals surface area contributed by atoms with Crippen LogP contribution in [0.25, 0.3) is 11.4 Å². The second-order valence-electron chi connectivity index (χ2n) is 5.21. The Kier molecular flexibility index (Phi) is 3.69. The summed E-state index contributed by atoms with van der Waals surface area (Å²) in [5, 5.41) is 6.85. The molecule has 1 aromatic heterocycles. The number of benzene rings is 1. The molecular formula is C15H20N4O. The summed E-state index contributed by atoms with van der Waals surface area (Å²) in [6.45, 7) is 4.70. The molecule has 0 amide bonds. The minimum atomic E-state index is 0.370. The molecule has 1 saturated heterocycles. The zero-order valence-corrected chi connectivity index (χ0v) is 12.0. The van der Waals surface area contributed by atoms with E-state index in [1.165, 1.54) is 31.5 Å².